The van der Waals surface area contributed by atoms with Gasteiger partial charge in [0, 0.05) is 11.8 Å². The second kappa shape index (κ2) is 4.84. The molecule has 0 unspecified atom stereocenters. The normalized spacial score (nSPS) is 10.5. The Balaban J connectivity index is 2.59. The minimum atomic E-state index is -0.0252. The van der Waals surface area contributed by atoms with Gasteiger partial charge in [0.25, 0.3) is 0 Å². The van der Waals surface area contributed by atoms with Crippen molar-refractivity contribution in [1.29, 1.82) is 0 Å². The van der Waals surface area contributed by atoms with E-state index in [-0.39, 0.29) is 5.43 Å². The Labute approximate surface area is 108 Å². The van der Waals surface area contributed by atoms with Crippen LogP contribution in [0, 0.1) is 13.8 Å². The van der Waals surface area contributed by atoms with E-state index < -0.39 is 0 Å². The molecule has 0 saturated heterocycles. The highest BCUT2D eigenvalue weighted by atomic mass is 79.9. The van der Waals surface area contributed by atoms with Crippen molar-refractivity contribution >= 4 is 15.9 Å². The van der Waals surface area contributed by atoms with Crippen molar-refractivity contribution in [2.45, 2.75) is 19.2 Å². The highest BCUT2D eigenvalue weighted by Gasteiger charge is 2.06. The van der Waals surface area contributed by atoms with Crippen LogP contribution in [0.4, 0.5) is 0 Å². The van der Waals surface area contributed by atoms with Crippen LogP contribution in [0.2, 0.25) is 0 Å². The van der Waals surface area contributed by atoms with E-state index in [1.54, 1.807) is 10.7 Å². The number of hydrogen-bond acceptors (Lipinski definition) is 2. The van der Waals surface area contributed by atoms with E-state index in [9.17, 15) is 4.79 Å². The fourth-order valence-corrected chi connectivity index (χ4v) is 2.01. The lowest BCUT2D eigenvalue weighted by molar-refractivity contribution is 0.774. The van der Waals surface area contributed by atoms with Gasteiger partial charge in [-0.15, -0.1) is 0 Å². The van der Waals surface area contributed by atoms with E-state index in [0.29, 0.717) is 11.0 Å². The van der Waals surface area contributed by atoms with Gasteiger partial charge in [0.15, 0.2) is 0 Å². The van der Waals surface area contributed by atoms with Crippen LogP contribution in [-0.2, 0) is 5.33 Å². The zero-order chi connectivity index (χ0) is 12.4. The van der Waals surface area contributed by atoms with E-state index in [1.165, 1.54) is 5.56 Å². The standard InChI is InChI=1S/C13H13BrN2O/c1-9-3-5-11(6-4-9)16-10(2)7-13(17)12(8-14)15-16/h3-7H,8H2,1-2H3. The lowest BCUT2D eigenvalue weighted by Crippen LogP contribution is -2.17. The molecule has 1 aromatic heterocycles. The summed E-state index contributed by atoms with van der Waals surface area (Å²) in [6, 6.07) is 9.67. The quantitative estimate of drug-likeness (QED) is 0.798. The Morgan fingerprint density at radius 2 is 1.88 bits per heavy atom. The maximum absolute atomic E-state index is 11.6. The molecule has 0 N–H and O–H groups in total. The van der Waals surface area contributed by atoms with Crippen LogP contribution in [0.5, 0.6) is 0 Å². The molecule has 0 atom stereocenters. The molecule has 0 radical (unpaired) electrons. The highest BCUT2D eigenvalue weighted by Crippen LogP contribution is 2.10. The molecule has 2 aromatic rings. The molecule has 0 aliphatic rings. The molecule has 0 amide bonds. The molecule has 1 aromatic carbocycles. The molecule has 0 saturated carbocycles. The van der Waals surface area contributed by atoms with Crippen LogP contribution in [-0.4, -0.2) is 9.78 Å². The monoisotopic (exact) mass is 292 g/mol. The lowest BCUT2D eigenvalue weighted by Gasteiger charge is -2.10. The number of rotatable bonds is 2. The molecule has 2 rings (SSSR count). The first kappa shape index (κ1) is 12.0. The average molecular weight is 293 g/mol. The Morgan fingerprint density at radius 1 is 1.24 bits per heavy atom. The number of aromatic nitrogens is 2. The molecule has 0 fully saturated rings. The van der Waals surface area contributed by atoms with E-state index in [1.807, 2.05) is 38.1 Å². The minimum Gasteiger partial charge on any atom is -0.288 e. The van der Waals surface area contributed by atoms with E-state index in [2.05, 4.69) is 21.0 Å². The minimum absolute atomic E-state index is 0.0252. The second-order valence-corrected chi connectivity index (χ2v) is 4.54. The molecule has 0 aliphatic heterocycles. The van der Waals surface area contributed by atoms with Crippen molar-refractivity contribution < 1.29 is 0 Å². The van der Waals surface area contributed by atoms with Crippen molar-refractivity contribution in [3.05, 3.63) is 57.5 Å². The maximum atomic E-state index is 11.6. The summed E-state index contributed by atoms with van der Waals surface area (Å²) in [6.07, 6.45) is 0. The van der Waals surface area contributed by atoms with Gasteiger partial charge >= 0.3 is 0 Å². The molecule has 0 bridgehead atoms. The van der Waals surface area contributed by atoms with Crippen LogP contribution in [0.3, 0.4) is 0 Å². The van der Waals surface area contributed by atoms with Crippen molar-refractivity contribution in [3.8, 4) is 5.69 Å². The smallest absolute Gasteiger partial charge is 0.204 e. The fraction of sp³-hybridized carbons (Fsp3) is 0.231. The third-order valence-corrected chi connectivity index (χ3v) is 3.12. The van der Waals surface area contributed by atoms with E-state index in [4.69, 9.17) is 0 Å². The molecule has 3 nitrogen and oxygen atoms in total. The molecular formula is C13H13BrN2O. The summed E-state index contributed by atoms with van der Waals surface area (Å²) in [5.41, 5.74) is 3.51. The molecular weight excluding hydrogens is 280 g/mol. The summed E-state index contributed by atoms with van der Waals surface area (Å²) in [5, 5.41) is 4.82. The van der Waals surface area contributed by atoms with Crippen molar-refractivity contribution in [2.24, 2.45) is 0 Å². The fourth-order valence-electron chi connectivity index (χ4n) is 1.62. The van der Waals surface area contributed by atoms with Crippen LogP contribution < -0.4 is 5.43 Å². The van der Waals surface area contributed by atoms with Gasteiger partial charge in [-0.25, -0.2) is 4.68 Å². The number of nitrogens with zero attached hydrogens (tertiary/aromatic N) is 2. The Hall–Kier alpha value is -1.42. The third-order valence-electron chi connectivity index (χ3n) is 2.58. The highest BCUT2D eigenvalue weighted by molar-refractivity contribution is 9.08. The molecule has 0 aliphatic carbocycles. The Kier molecular flexibility index (Phi) is 3.43. The van der Waals surface area contributed by atoms with E-state index >= 15 is 0 Å². The van der Waals surface area contributed by atoms with E-state index in [0.717, 1.165) is 11.4 Å². The lowest BCUT2D eigenvalue weighted by atomic mass is 10.2. The molecule has 17 heavy (non-hydrogen) atoms. The summed E-state index contributed by atoms with van der Waals surface area (Å²) >= 11 is 3.28. The van der Waals surface area contributed by atoms with Crippen LogP contribution in [0.15, 0.2) is 35.1 Å². The number of alkyl halides is 1. The van der Waals surface area contributed by atoms with Crippen LogP contribution in [0.25, 0.3) is 5.69 Å². The number of hydrogen-bond donors (Lipinski definition) is 0. The summed E-state index contributed by atoms with van der Waals surface area (Å²) in [6.45, 7) is 3.92. The van der Waals surface area contributed by atoms with Crippen molar-refractivity contribution in [1.82, 2.24) is 9.78 Å². The number of benzene rings is 1. The van der Waals surface area contributed by atoms with Crippen molar-refractivity contribution in [2.75, 3.05) is 0 Å². The largest absolute Gasteiger partial charge is 0.288 e. The molecule has 1 heterocycles. The van der Waals surface area contributed by atoms with Crippen LogP contribution in [0.1, 0.15) is 17.0 Å². The first-order chi connectivity index (χ1) is 8.11. The van der Waals surface area contributed by atoms with Gasteiger partial charge in [-0.2, -0.15) is 5.10 Å². The third kappa shape index (κ3) is 2.47. The summed E-state index contributed by atoms with van der Waals surface area (Å²) in [5.74, 6) is 0. The molecule has 88 valence electrons. The zero-order valence-corrected chi connectivity index (χ0v) is 11.4. The number of halogens is 1. The average Bonchev–Trinajstić information content (AvgIpc) is 2.31. The first-order valence-electron chi connectivity index (χ1n) is 5.34. The molecule has 4 heteroatoms. The summed E-state index contributed by atoms with van der Waals surface area (Å²) in [4.78, 5) is 11.6. The number of aryl methyl sites for hydroxylation is 2. The van der Waals surface area contributed by atoms with Crippen LogP contribution >= 0.6 is 15.9 Å². The Morgan fingerprint density at radius 3 is 2.47 bits per heavy atom. The zero-order valence-electron chi connectivity index (χ0n) is 9.77. The maximum Gasteiger partial charge on any atom is 0.204 e. The predicted octanol–water partition coefficient (Wildman–Crippen LogP) is 2.74. The second-order valence-electron chi connectivity index (χ2n) is 3.98. The SMILES string of the molecule is Cc1ccc(-n2nc(CBr)c(=O)cc2C)cc1. The predicted molar refractivity (Wildman–Crippen MR) is 71.9 cm³/mol. The van der Waals surface area contributed by atoms with Gasteiger partial charge in [-0.05, 0) is 26.0 Å². The van der Waals surface area contributed by atoms with Gasteiger partial charge < -0.3 is 0 Å². The topological polar surface area (TPSA) is 34.9 Å². The first-order valence-corrected chi connectivity index (χ1v) is 6.47. The Bertz CT molecular complexity index is 587. The van der Waals surface area contributed by atoms with Gasteiger partial charge in [0.2, 0.25) is 5.43 Å². The van der Waals surface area contributed by atoms with Gasteiger partial charge in [0.05, 0.1) is 11.0 Å². The van der Waals surface area contributed by atoms with Gasteiger partial charge in [-0.1, -0.05) is 33.6 Å². The molecule has 0 spiro atoms. The van der Waals surface area contributed by atoms with Crippen molar-refractivity contribution in [3.63, 3.8) is 0 Å². The summed E-state index contributed by atoms with van der Waals surface area (Å²) < 4.78 is 1.79. The van der Waals surface area contributed by atoms with Gasteiger partial charge in [0.1, 0.15) is 5.69 Å². The summed E-state index contributed by atoms with van der Waals surface area (Å²) in [7, 11) is 0. The van der Waals surface area contributed by atoms with Gasteiger partial charge in [-0.3, -0.25) is 4.79 Å².